The topological polar surface area (TPSA) is 80.0 Å². The van der Waals surface area contributed by atoms with E-state index >= 15 is 0 Å². The van der Waals surface area contributed by atoms with Crippen LogP contribution < -0.4 is 16.6 Å². The van der Waals surface area contributed by atoms with Gasteiger partial charge in [-0.05, 0) is 30.9 Å². The molecule has 5 nitrogen and oxygen atoms in total. The van der Waals surface area contributed by atoms with Gasteiger partial charge in [0, 0.05) is 12.7 Å². The van der Waals surface area contributed by atoms with E-state index in [0.29, 0.717) is 11.4 Å². The minimum absolute atomic E-state index is 0.141. The first kappa shape index (κ1) is 11.9. The van der Waals surface area contributed by atoms with Crippen LogP contribution in [0.2, 0.25) is 0 Å². The Hall–Kier alpha value is -1.62. The van der Waals surface area contributed by atoms with Crippen LogP contribution in [0.5, 0.6) is 0 Å². The van der Waals surface area contributed by atoms with Crippen molar-refractivity contribution in [2.45, 2.75) is 25.7 Å². The molecule has 0 bridgehead atoms. The summed E-state index contributed by atoms with van der Waals surface area (Å²) in [6, 6.07) is 3.35. The first-order valence-corrected chi connectivity index (χ1v) is 6.00. The van der Waals surface area contributed by atoms with E-state index in [9.17, 15) is 4.79 Å². The molecule has 1 aliphatic rings. The predicted octanol–water partition coefficient (Wildman–Crippen LogP) is 1.29. The summed E-state index contributed by atoms with van der Waals surface area (Å²) < 4.78 is 0. The lowest BCUT2D eigenvalue weighted by Gasteiger charge is -2.05. The second-order valence-electron chi connectivity index (χ2n) is 4.42. The van der Waals surface area contributed by atoms with E-state index in [1.54, 1.807) is 18.3 Å². The fourth-order valence-corrected chi connectivity index (χ4v) is 1.73. The average Bonchev–Trinajstić information content (AvgIpc) is 3.18. The highest BCUT2D eigenvalue weighted by Crippen LogP contribution is 2.33. The van der Waals surface area contributed by atoms with Crippen LogP contribution in [0.3, 0.4) is 0 Å². The number of aromatic nitrogens is 1. The molecule has 1 heterocycles. The predicted molar refractivity (Wildman–Crippen MR) is 66.3 cm³/mol. The van der Waals surface area contributed by atoms with Crippen LogP contribution in [-0.2, 0) is 0 Å². The van der Waals surface area contributed by atoms with Crippen LogP contribution in [0.1, 0.15) is 36.2 Å². The van der Waals surface area contributed by atoms with E-state index in [4.69, 9.17) is 5.84 Å². The summed E-state index contributed by atoms with van der Waals surface area (Å²) in [6.07, 6.45) is 6.55. The number of pyridine rings is 1. The maximum atomic E-state index is 11.7. The molecule has 92 valence electrons. The molecule has 1 saturated carbocycles. The van der Waals surface area contributed by atoms with Crippen molar-refractivity contribution in [2.75, 3.05) is 12.0 Å². The number of hydrogen-bond donors (Lipinski definition) is 3. The van der Waals surface area contributed by atoms with E-state index < -0.39 is 0 Å². The van der Waals surface area contributed by atoms with Gasteiger partial charge in [-0.25, -0.2) is 0 Å². The lowest BCUT2D eigenvalue weighted by atomic mass is 10.2. The van der Waals surface area contributed by atoms with Gasteiger partial charge in [0.2, 0.25) is 0 Å². The highest BCUT2D eigenvalue weighted by molar-refractivity contribution is 5.93. The van der Waals surface area contributed by atoms with Gasteiger partial charge in [-0.1, -0.05) is 12.8 Å². The number of nitrogens with zero attached hydrogens (tertiary/aromatic N) is 1. The third kappa shape index (κ3) is 3.71. The lowest BCUT2D eigenvalue weighted by molar-refractivity contribution is 0.0948. The first-order valence-electron chi connectivity index (χ1n) is 6.00. The standard InChI is InChI=1S/C12H18N4O/c13-16-10-5-7-14-11(8-10)12(17)15-6-1-2-9-3-4-9/h5,7-9H,1-4,6,13H2,(H,14,16)(H,15,17). The molecule has 1 aromatic rings. The van der Waals surface area contributed by atoms with Crippen molar-refractivity contribution in [3.05, 3.63) is 24.0 Å². The lowest BCUT2D eigenvalue weighted by Crippen LogP contribution is -2.25. The van der Waals surface area contributed by atoms with Crippen LogP contribution in [0, 0.1) is 5.92 Å². The molecular weight excluding hydrogens is 216 g/mol. The maximum Gasteiger partial charge on any atom is 0.269 e. The van der Waals surface area contributed by atoms with Gasteiger partial charge < -0.3 is 10.7 Å². The Kier molecular flexibility index (Phi) is 3.93. The number of hydrogen-bond acceptors (Lipinski definition) is 4. The quantitative estimate of drug-likeness (QED) is 0.393. The van der Waals surface area contributed by atoms with E-state index in [1.807, 2.05) is 0 Å². The van der Waals surface area contributed by atoms with Crippen LogP contribution in [-0.4, -0.2) is 17.4 Å². The zero-order valence-corrected chi connectivity index (χ0v) is 9.78. The van der Waals surface area contributed by atoms with E-state index in [2.05, 4.69) is 15.7 Å². The zero-order chi connectivity index (χ0) is 12.1. The summed E-state index contributed by atoms with van der Waals surface area (Å²) in [5.74, 6) is 6.04. The summed E-state index contributed by atoms with van der Waals surface area (Å²) in [5.41, 5.74) is 3.57. The second kappa shape index (κ2) is 5.63. The third-order valence-corrected chi connectivity index (χ3v) is 2.93. The Labute approximate surface area is 101 Å². The van der Waals surface area contributed by atoms with Crippen LogP contribution in [0.25, 0.3) is 0 Å². The molecular formula is C12H18N4O. The van der Waals surface area contributed by atoms with Gasteiger partial charge in [-0.3, -0.25) is 15.6 Å². The smallest absolute Gasteiger partial charge is 0.269 e. The summed E-state index contributed by atoms with van der Waals surface area (Å²) in [7, 11) is 0. The molecule has 1 aromatic heterocycles. The maximum absolute atomic E-state index is 11.7. The van der Waals surface area contributed by atoms with Crippen LogP contribution in [0.4, 0.5) is 5.69 Å². The molecule has 1 aliphatic carbocycles. The number of hydrazine groups is 1. The van der Waals surface area contributed by atoms with Gasteiger partial charge in [0.25, 0.3) is 5.91 Å². The number of nitrogen functional groups attached to an aromatic ring is 1. The summed E-state index contributed by atoms with van der Waals surface area (Å²) >= 11 is 0. The molecule has 0 aromatic carbocycles. The van der Waals surface area contributed by atoms with Crippen molar-refractivity contribution in [1.82, 2.24) is 10.3 Å². The average molecular weight is 234 g/mol. The molecule has 0 atom stereocenters. The van der Waals surface area contributed by atoms with Crippen molar-refractivity contribution in [2.24, 2.45) is 11.8 Å². The summed E-state index contributed by atoms with van der Waals surface area (Å²) in [6.45, 7) is 0.720. The van der Waals surface area contributed by atoms with Gasteiger partial charge in [-0.2, -0.15) is 0 Å². The van der Waals surface area contributed by atoms with Crippen molar-refractivity contribution in [1.29, 1.82) is 0 Å². The Morgan fingerprint density at radius 3 is 3.06 bits per heavy atom. The van der Waals surface area contributed by atoms with E-state index in [1.165, 1.54) is 19.3 Å². The normalized spacial score (nSPS) is 14.4. The number of carbonyl (C=O) groups excluding carboxylic acids is 1. The molecule has 2 rings (SSSR count). The Morgan fingerprint density at radius 1 is 1.53 bits per heavy atom. The van der Waals surface area contributed by atoms with Crippen LogP contribution >= 0.6 is 0 Å². The molecule has 0 radical (unpaired) electrons. The minimum atomic E-state index is -0.141. The molecule has 0 spiro atoms. The number of rotatable bonds is 6. The molecule has 5 heteroatoms. The van der Waals surface area contributed by atoms with Gasteiger partial charge in [0.05, 0.1) is 5.69 Å². The van der Waals surface area contributed by atoms with Gasteiger partial charge >= 0.3 is 0 Å². The number of nitrogens with one attached hydrogen (secondary N) is 2. The molecule has 0 saturated heterocycles. The third-order valence-electron chi connectivity index (χ3n) is 2.93. The van der Waals surface area contributed by atoms with Crippen molar-refractivity contribution >= 4 is 11.6 Å². The summed E-state index contributed by atoms with van der Waals surface area (Å²) in [4.78, 5) is 15.7. The fourth-order valence-electron chi connectivity index (χ4n) is 1.73. The fraction of sp³-hybridized carbons (Fsp3) is 0.500. The number of carbonyl (C=O) groups is 1. The van der Waals surface area contributed by atoms with E-state index in [-0.39, 0.29) is 5.91 Å². The zero-order valence-electron chi connectivity index (χ0n) is 9.78. The number of amides is 1. The SMILES string of the molecule is NNc1ccnc(C(=O)NCCCC2CC2)c1. The largest absolute Gasteiger partial charge is 0.351 e. The molecule has 1 amide bonds. The minimum Gasteiger partial charge on any atom is -0.351 e. The van der Waals surface area contributed by atoms with Crippen molar-refractivity contribution in [3.8, 4) is 0 Å². The Morgan fingerprint density at radius 2 is 2.35 bits per heavy atom. The molecule has 1 fully saturated rings. The highest BCUT2D eigenvalue weighted by atomic mass is 16.1. The van der Waals surface area contributed by atoms with Gasteiger partial charge in [0.1, 0.15) is 5.69 Å². The van der Waals surface area contributed by atoms with E-state index in [0.717, 1.165) is 18.9 Å². The summed E-state index contributed by atoms with van der Waals surface area (Å²) in [5, 5.41) is 2.86. The highest BCUT2D eigenvalue weighted by Gasteiger charge is 2.20. The Bertz CT molecular complexity index is 390. The number of nitrogens with two attached hydrogens (primary N) is 1. The number of anilines is 1. The van der Waals surface area contributed by atoms with Gasteiger partial charge in [0.15, 0.2) is 0 Å². The molecule has 4 N–H and O–H groups in total. The first-order chi connectivity index (χ1) is 8.29. The van der Waals surface area contributed by atoms with Crippen molar-refractivity contribution < 1.29 is 4.79 Å². The van der Waals surface area contributed by atoms with Gasteiger partial charge in [-0.15, -0.1) is 0 Å². The Balaban J connectivity index is 1.76. The molecule has 17 heavy (non-hydrogen) atoms. The van der Waals surface area contributed by atoms with Crippen molar-refractivity contribution in [3.63, 3.8) is 0 Å². The monoisotopic (exact) mass is 234 g/mol. The van der Waals surface area contributed by atoms with Crippen LogP contribution in [0.15, 0.2) is 18.3 Å². The molecule has 0 unspecified atom stereocenters. The second-order valence-corrected chi connectivity index (χ2v) is 4.42. The molecule has 0 aliphatic heterocycles.